The molecular formula is C22H26O6S2. The van der Waals surface area contributed by atoms with Crippen LogP contribution in [0.5, 0.6) is 11.5 Å². The van der Waals surface area contributed by atoms with Crippen LogP contribution in [0.2, 0.25) is 0 Å². The topological polar surface area (TPSA) is 93.1 Å². The Bertz CT molecular complexity index is 797. The van der Waals surface area contributed by atoms with E-state index in [0.717, 1.165) is 24.3 Å². The maximum Gasteiger partial charge on any atom is 0.335 e. The van der Waals surface area contributed by atoms with Gasteiger partial charge in [-0.3, -0.25) is 0 Å². The fraction of sp³-hybridized carbons (Fsp3) is 0.364. The number of carboxylic acid groups (broad SMARTS) is 2. The number of aryl methyl sites for hydroxylation is 2. The number of carboxylic acids is 2. The van der Waals surface area contributed by atoms with Crippen molar-refractivity contribution in [3.8, 4) is 11.5 Å². The van der Waals surface area contributed by atoms with Gasteiger partial charge in [-0.05, 0) is 74.2 Å². The molecule has 8 heteroatoms. The summed E-state index contributed by atoms with van der Waals surface area (Å²) in [4.78, 5) is 22.0. The second kappa shape index (κ2) is 12.4. The first-order valence-electron chi connectivity index (χ1n) is 9.56. The lowest BCUT2D eigenvalue weighted by Gasteiger charge is -2.09. The van der Waals surface area contributed by atoms with E-state index in [1.54, 1.807) is 71.8 Å². The minimum Gasteiger partial charge on any atom is -0.494 e. The van der Waals surface area contributed by atoms with E-state index < -0.39 is 11.9 Å². The zero-order valence-electron chi connectivity index (χ0n) is 17.1. The highest BCUT2D eigenvalue weighted by Crippen LogP contribution is 2.24. The van der Waals surface area contributed by atoms with Crippen LogP contribution < -0.4 is 9.47 Å². The predicted octanol–water partition coefficient (Wildman–Crippen LogP) is 5.32. The first kappa shape index (κ1) is 24.0. The number of hydrogen-bond donors (Lipinski definition) is 2. The number of benzene rings is 2. The summed E-state index contributed by atoms with van der Waals surface area (Å²) in [5.41, 5.74) is 1.98. The summed E-state index contributed by atoms with van der Waals surface area (Å²) in [7, 11) is 3.58. The molecule has 0 amide bonds. The van der Waals surface area contributed by atoms with Crippen molar-refractivity contribution >= 4 is 33.5 Å². The number of ether oxygens (including phenoxy) is 2. The van der Waals surface area contributed by atoms with Crippen LogP contribution in [-0.2, 0) is 0 Å². The Morgan fingerprint density at radius 2 is 1.17 bits per heavy atom. The molecule has 162 valence electrons. The summed E-state index contributed by atoms with van der Waals surface area (Å²) in [6.07, 6.45) is 1.81. The average Bonchev–Trinajstić information content (AvgIpc) is 2.69. The highest BCUT2D eigenvalue weighted by atomic mass is 33.1. The monoisotopic (exact) mass is 450 g/mol. The van der Waals surface area contributed by atoms with Crippen molar-refractivity contribution in [3.63, 3.8) is 0 Å². The van der Waals surface area contributed by atoms with Crippen LogP contribution in [0.1, 0.15) is 44.7 Å². The molecular weight excluding hydrogens is 424 g/mol. The van der Waals surface area contributed by atoms with E-state index >= 15 is 0 Å². The van der Waals surface area contributed by atoms with Gasteiger partial charge < -0.3 is 19.7 Å². The lowest BCUT2D eigenvalue weighted by molar-refractivity contribution is 0.0685. The Morgan fingerprint density at radius 3 is 1.50 bits per heavy atom. The third-order valence-electron chi connectivity index (χ3n) is 4.22. The number of aromatic carboxylic acids is 2. The number of rotatable bonds is 13. The highest BCUT2D eigenvalue weighted by Gasteiger charge is 2.08. The second-order valence-electron chi connectivity index (χ2n) is 6.61. The fourth-order valence-electron chi connectivity index (χ4n) is 2.67. The lowest BCUT2D eigenvalue weighted by atomic mass is 10.1. The van der Waals surface area contributed by atoms with Crippen LogP contribution in [0.3, 0.4) is 0 Å². The van der Waals surface area contributed by atoms with Crippen LogP contribution in [0.15, 0.2) is 36.4 Å². The lowest BCUT2D eigenvalue weighted by Crippen LogP contribution is -2.02. The van der Waals surface area contributed by atoms with E-state index in [9.17, 15) is 9.59 Å². The standard InChI is InChI=1S/C22H26O6S2/c1-15-13-17(5-7-19(15)21(23)24)27-9-3-11-29-30-12-4-10-28-18-6-8-20(22(25)26)16(2)14-18/h5-8,13-14H,3-4,9-12H2,1-2H3,(H,23,24)(H,25,26). The molecule has 30 heavy (non-hydrogen) atoms. The summed E-state index contributed by atoms with van der Waals surface area (Å²) >= 11 is 0. The van der Waals surface area contributed by atoms with Gasteiger partial charge in [0.25, 0.3) is 0 Å². The number of carbonyl (C=O) groups is 2. The zero-order valence-corrected chi connectivity index (χ0v) is 18.7. The summed E-state index contributed by atoms with van der Waals surface area (Å²) in [6.45, 7) is 4.71. The van der Waals surface area contributed by atoms with Gasteiger partial charge in [-0.2, -0.15) is 0 Å². The Balaban J connectivity index is 1.51. The van der Waals surface area contributed by atoms with Crippen molar-refractivity contribution in [1.29, 1.82) is 0 Å². The molecule has 0 radical (unpaired) electrons. The third-order valence-corrected chi connectivity index (χ3v) is 6.80. The molecule has 2 aromatic rings. The molecule has 0 aliphatic heterocycles. The van der Waals surface area contributed by atoms with Gasteiger partial charge in [0.2, 0.25) is 0 Å². The van der Waals surface area contributed by atoms with Gasteiger partial charge in [-0.25, -0.2) is 9.59 Å². The summed E-state index contributed by atoms with van der Waals surface area (Å²) in [6, 6.07) is 10.0. The molecule has 0 heterocycles. The minimum absolute atomic E-state index is 0.297. The largest absolute Gasteiger partial charge is 0.494 e. The van der Waals surface area contributed by atoms with Crippen LogP contribution in [0.4, 0.5) is 0 Å². The Hall–Kier alpha value is -2.32. The van der Waals surface area contributed by atoms with E-state index in [2.05, 4.69) is 0 Å². The molecule has 2 rings (SSSR count). The quantitative estimate of drug-likeness (QED) is 0.313. The van der Waals surface area contributed by atoms with Crippen LogP contribution >= 0.6 is 21.6 Å². The van der Waals surface area contributed by atoms with E-state index in [1.165, 1.54) is 0 Å². The SMILES string of the molecule is Cc1cc(OCCCSSCCCOc2ccc(C(=O)O)c(C)c2)ccc1C(=O)O. The highest BCUT2D eigenvalue weighted by molar-refractivity contribution is 8.76. The molecule has 0 atom stereocenters. The van der Waals surface area contributed by atoms with E-state index in [0.29, 0.717) is 47.0 Å². The number of hydrogen-bond acceptors (Lipinski definition) is 6. The molecule has 0 bridgehead atoms. The molecule has 6 nitrogen and oxygen atoms in total. The maximum absolute atomic E-state index is 11.0. The van der Waals surface area contributed by atoms with E-state index in [-0.39, 0.29) is 0 Å². The van der Waals surface area contributed by atoms with Crippen molar-refractivity contribution in [3.05, 3.63) is 58.7 Å². The van der Waals surface area contributed by atoms with Crippen molar-refractivity contribution in [2.24, 2.45) is 0 Å². The Kier molecular flexibility index (Phi) is 9.89. The van der Waals surface area contributed by atoms with Gasteiger partial charge in [0.05, 0.1) is 24.3 Å². The second-order valence-corrected chi connectivity index (χ2v) is 9.31. The van der Waals surface area contributed by atoms with Crippen LogP contribution in [-0.4, -0.2) is 46.9 Å². The van der Waals surface area contributed by atoms with Crippen molar-refractivity contribution in [2.75, 3.05) is 24.7 Å². The molecule has 0 unspecified atom stereocenters. The van der Waals surface area contributed by atoms with Crippen molar-refractivity contribution in [1.82, 2.24) is 0 Å². The van der Waals surface area contributed by atoms with Crippen LogP contribution in [0.25, 0.3) is 0 Å². The summed E-state index contributed by atoms with van der Waals surface area (Å²) in [5.74, 6) is 1.47. The minimum atomic E-state index is -0.927. The normalized spacial score (nSPS) is 10.6. The zero-order chi connectivity index (χ0) is 21.9. The smallest absolute Gasteiger partial charge is 0.335 e. The van der Waals surface area contributed by atoms with Gasteiger partial charge in [-0.15, -0.1) is 0 Å². The molecule has 0 aromatic heterocycles. The molecule has 2 aromatic carbocycles. The average molecular weight is 451 g/mol. The van der Waals surface area contributed by atoms with E-state index in [1.807, 2.05) is 0 Å². The summed E-state index contributed by atoms with van der Waals surface area (Å²) in [5, 5.41) is 18.1. The molecule has 2 N–H and O–H groups in total. The van der Waals surface area contributed by atoms with E-state index in [4.69, 9.17) is 19.7 Å². The molecule has 0 saturated heterocycles. The molecule has 0 spiro atoms. The maximum atomic E-state index is 11.0. The fourth-order valence-corrected chi connectivity index (χ4v) is 4.79. The Morgan fingerprint density at radius 1 is 0.767 bits per heavy atom. The molecule has 0 aliphatic rings. The first-order valence-corrected chi connectivity index (χ1v) is 12.0. The molecule has 0 saturated carbocycles. The van der Waals surface area contributed by atoms with Crippen molar-refractivity contribution < 1.29 is 29.3 Å². The van der Waals surface area contributed by atoms with Crippen LogP contribution in [0, 0.1) is 13.8 Å². The third kappa shape index (κ3) is 7.84. The van der Waals surface area contributed by atoms with Gasteiger partial charge in [0.15, 0.2) is 0 Å². The van der Waals surface area contributed by atoms with Gasteiger partial charge in [0.1, 0.15) is 11.5 Å². The first-order chi connectivity index (χ1) is 14.4. The van der Waals surface area contributed by atoms with Gasteiger partial charge in [0, 0.05) is 11.5 Å². The Labute approximate surface area is 184 Å². The van der Waals surface area contributed by atoms with Crippen molar-refractivity contribution in [2.45, 2.75) is 26.7 Å². The van der Waals surface area contributed by atoms with Gasteiger partial charge in [-0.1, -0.05) is 21.6 Å². The molecule has 0 fully saturated rings. The predicted molar refractivity (Wildman–Crippen MR) is 121 cm³/mol. The van der Waals surface area contributed by atoms with Gasteiger partial charge >= 0.3 is 11.9 Å². The molecule has 0 aliphatic carbocycles. The summed E-state index contributed by atoms with van der Waals surface area (Å²) < 4.78 is 11.4.